The van der Waals surface area contributed by atoms with Crippen LogP contribution in [0.2, 0.25) is 0 Å². The predicted molar refractivity (Wildman–Crippen MR) is 65.4 cm³/mol. The number of anilines is 1. The SMILES string of the molecule is CC1COCCN1c1n[nH]c(=S)n1C(C)C. The van der Waals surface area contributed by atoms with E-state index in [0.717, 1.165) is 25.7 Å². The molecule has 16 heavy (non-hydrogen) atoms. The highest BCUT2D eigenvalue weighted by Crippen LogP contribution is 2.21. The Kier molecular flexibility index (Phi) is 3.30. The van der Waals surface area contributed by atoms with E-state index in [1.165, 1.54) is 0 Å². The Hall–Kier alpha value is -0.880. The average Bonchev–Trinajstić information content (AvgIpc) is 2.61. The number of nitrogens with zero attached hydrogens (tertiary/aromatic N) is 3. The van der Waals surface area contributed by atoms with Gasteiger partial charge in [-0.2, -0.15) is 0 Å². The molecule has 90 valence electrons. The van der Waals surface area contributed by atoms with Gasteiger partial charge in [0.05, 0.1) is 19.3 Å². The van der Waals surface area contributed by atoms with Crippen molar-refractivity contribution in [3.63, 3.8) is 0 Å². The number of aromatic nitrogens is 3. The first-order chi connectivity index (χ1) is 7.61. The number of aromatic amines is 1. The lowest BCUT2D eigenvalue weighted by molar-refractivity contribution is 0.0975. The highest BCUT2D eigenvalue weighted by atomic mass is 32.1. The third kappa shape index (κ3) is 1.99. The Labute approximate surface area is 100 Å². The first-order valence-corrected chi connectivity index (χ1v) is 6.03. The molecule has 0 aromatic carbocycles. The summed E-state index contributed by atoms with van der Waals surface area (Å²) in [6.45, 7) is 8.73. The van der Waals surface area contributed by atoms with Crippen LogP contribution in [0.15, 0.2) is 0 Å². The molecule has 1 aromatic heterocycles. The van der Waals surface area contributed by atoms with Gasteiger partial charge in [0.1, 0.15) is 0 Å². The molecule has 0 spiro atoms. The van der Waals surface area contributed by atoms with E-state index < -0.39 is 0 Å². The number of morpholine rings is 1. The summed E-state index contributed by atoms with van der Waals surface area (Å²) in [6.07, 6.45) is 0. The highest BCUT2D eigenvalue weighted by Gasteiger charge is 2.24. The molecule has 1 aliphatic heterocycles. The van der Waals surface area contributed by atoms with Gasteiger partial charge in [-0.05, 0) is 33.0 Å². The molecule has 1 atom stereocenters. The molecule has 1 aromatic rings. The zero-order valence-electron chi connectivity index (χ0n) is 9.93. The van der Waals surface area contributed by atoms with Crippen molar-refractivity contribution in [2.75, 3.05) is 24.7 Å². The van der Waals surface area contributed by atoms with E-state index in [4.69, 9.17) is 17.0 Å². The Balaban J connectivity index is 2.35. The Morgan fingerprint density at radius 2 is 2.31 bits per heavy atom. The van der Waals surface area contributed by atoms with Crippen LogP contribution in [0.4, 0.5) is 5.95 Å². The molecule has 1 fully saturated rings. The van der Waals surface area contributed by atoms with Crippen molar-refractivity contribution in [2.45, 2.75) is 32.9 Å². The largest absolute Gasteiger partial charge is 0.377 e. The number of hydrogen-bond donors (Lipinski definition) is 1. The summed E-state index contributed by atoms with van der Waals surface area (Å²) in [5, 5.41) is 7.20. The maximum Gasteiger partial charge on any atom is 0.226 e. The Morgan fingerprint density at radius 3 is 2.94 bits per heavy atom. The molecule has 2 rings (SSSR count). The normalized spacial score (nSPS) is 21.8. The van der Waals surface area contributed by atoms with Gasteiger partial charge in [-0.25, -0.2) is 5.10 Å². The van der Waals surface area contributed by atoms with Gasteiger partial charge in [0.2, 0.25) is 5.95 Å². The molecular weight excluding hydrogens is 224 g/mol. The van der Waals surface area contributed by atoms with E-state index in [-0.39, 0.29) is 0 Å². The summed E-state index contributed by atoms with van der Waals surface area (Å²) >= 11 is 5.24. The summed E-state index contributed by atoms with van der Waals surface area (Å²) in [4.78, 5) is 2.25. The van der Waals surface area contributed by atoms with Crippen molar-refractivity contribution in [1.82, 2.24) is 14.8 Å². The predicted octanol–water partition coefficient (Wildman–Crippen LogP) is 1.75. The summed E-state index contributed by atoms with van der Waals surface area (Å²) < 4.78 is 8.16. The number of rotatable bonds is 2. The zero-order chi connectivity index (χ0) is 11.7. The van der Waals surface area contributed by atoms with Crippen molar-refractivity contribution in [1.29, 1.82) is 0 Å². The van der Waals surface area contributed by atoms with Crippen LogP contribution in [0.3, 0.4) is 0 Å². The fourth-order valence-electron chi connectivity index (χ4n) is 1.99. The lowest BCUT2D eigenvalue weighted by Crippen LogP contribution is -2.45. The number of ether oxygens (including phenoxy) is 1. The van der Waals surface area contributed by atoms with E-state index in [0.29, 0.717) is 16.9 Å². The van der Waals surface area contributed by atoms with Crippen molar-refractivity contribution in [3.05, 3.63) is 4.77 Å². The van der Waals surface area contributed by atoms with Crippen LogP contribution >= 0.6 is 12.2 Å². The quantitative estimate of drug-likeness (QED) is 0.803. The second kappa shape index (κ2) is 4.55. The third-order valence-corrected chi connectivity index (χ3v) is 3.11. The third-order valence-electron chi connectivity index (χ3n) is 2.83. The van der Waals surface area contributed by atoms with Crippen LogP contribution in [0.1, 0.15) is 26.8 Å². The lowest BCUT2D eigenvalue weighted by Gasteiger charge is -2.34. The molecule has 1 N–H and O–H groups in total. The fraction of sp³-hybridized carbons (Fsp3) is 0.800. The molecule has 6 heteroatoms. The van der Waals surface area contributed by atoms with Gasteiger partial charge in [0, 0.05) is 12.6 Å². The second-order valence-corrected chi connectivity index (χ2v) is 4.80. The van der Waals surface area contributed by atoms with Crippen LogP contribution < -0.4 is 4.90 Å². The van der Waals surface area contributed by atoms with Crippen molar-refractivity contribution in [3.8, 4) is 0 Å². The summed E-state index contributed by atoms with van der Waals surface area (Å²) in [6, 6.07) is 0.660. The summed E-state index contributed by atoms with van der Waals surface area (Å²) in [5.41, 5.74) is 0. The molecular formula is C10H18N4OS. The average molecular weight is 242 g/mol. The van der Waals surface area contributed by atoms with Gasteiger partial charge in [0.25, 0.3) is 0 Å². The topological polar surface area (TPSA) is 46.1 Å². The van der Waals surface area contributed by atoms with Gasteiger partial charge in [-0.1, -0.05) is 0 Å². The molecule has 5 nitrogen and oxygen atoms in total. The first-order valence-electron chi connectivity index (χ1n) is 5.62. The van der Waals surface area contributed by atoms with E-state index in [1.54, 1.807) is 0 Å². The minimum Gasteiger partial charge on any atom is -0.377 e. The van der Waals surface area contributed by atoms with Gasteiger partial charge < -0.3 is 9.64 Å². The maximum absolute atomic E-state index is 5.43. The highest BCUT2D eigenvalue weighted by molar-refractivity contribution is 7.71. The standard InChI is InChI=1S/C10H18N4OS/c1-7(2)14-9(11-12-10(14)16)13-4-5-15-6-8(13)3/h7-8H,4-6H2,1-3H3,(H,12,16). The maximum atomic E-state index is 5.43. The molecule has 0 aliphatic carbocycles. The first kappa shape index (κ1) is 11.6. The lowest BCUT2D eigenvalue weighted by atomic mass is 10.3. The number of hydrogen-bond acceptors (Lipinski definition) is 4. The molecule has 0 radical (unpaired) electrons. The van der Waals surface area contributed by atoms with E-state index in [2.05, 4.69) is 40.4 Å². The van der Waals surface area contributed by atoms with Crippen molar-refractivity contribution >= 4 is 18.2 Å². The molecule has 0 saturated carbocycles. The van der Waals surface area contributed by atoms with Crippen LogP contribution in [-0.4, -0.2) is 40.6 Å². The van der Waals surface area contributed by atoms with E-state index >= 15 is 0 Å². The van der Waals surface area contributed by atoms with Crippen molar-refractivity contribution < 1.29 is 4.74 Å². The van der Waals surface area contributed by atoms with Gasteiger partial charge >= 0.3 is 0 Å². The molecule has 0 amide bonds. The van der Waals surface area contributed by atoms with Crippen LogP contribution in [0.25, 0.3) is 0 Å². The van der Waals surface area contributed by atoms with Crippen molar-refractivity contribution in [2.24, 2.45) is 0 Å². The number of nitrogens with one attached hydrogen (secondary N) is 1. The van der Waals surface area contributed by atoms with Crippen LogP contribution in [-0.2, 0) is 4.74 Å². The molecule has 1 unspecified atom stereocenters. The van der Waals surface area contributed by atoms with E-state index in [1.807, 2.05) is 0 Å². The molecule has 1 aliphatic rings. The minimum absolute atomic E-state index is 0.316. The fourth-order valence-corrected chi connectivity index (χ4v) is 2.33. The van der Waals surface area contributed by atoms with E-state index in [9.17, 15) is 0 Å². The molecule has 2 heterocycles. The minimum atomic E-state index is 0.316. The smallest absolute Gasteiger partial charge is 0.226 e. The van der Waals surface area contributed by atoms with Gasteiger partial charge in [0.15, 0.2) is 4.77 Å². The monoisotopic (exact) mass is 242 g/mol. The molecule has 0 bridgehead atoms. The van der Waals surface area contributed by atoms with Crippen LogP contribution in [0, 0.1) is 4.77 Å². The summed E-state index contributed by atoms with van der Waals surface area (Å²) in [7, 11) is 0. The van der Waals surface area contributed by atoms with Gasteiger partial charge in [-0.15, -0.1) is 5.10 Å². The summed E-state index contributed by atoms with van der Waals surface area (Å²) in [5.74, 6) is 0.927. The van der Waals surface area contributed by atoms with Crippen LogP contribution in [0.5, 0.6) is 0 Å². The second-order valence-electron chi connectivity index (χ2n) is 4.41. The zero-order valence-corrected chi connectivity index (χ0v) is 10.8. The number of H-pyrrole nitrogens is 1. The van der Waals surface area contributed by atoms with Gasteiger partial charge in [-0.3, -0.25) is 4.57 Å². The molecule has 1 saturated heterocycles. The Bertz CT molecular complexity index is 411. The Morgan fingerprint density at radius 1 is 1.56 bits per heavy atom.